The highest BCUT2D eigenvalue weighted by molar-refractivity contribution is 5.53. The van der Waals surface area contributed by atoms with Gasteiger partial charge in [0.2, 0.25) is 0 Å². The second-order valence-corrected chi connectivity index (χ2v) is 7.91. The van der Waals surface area contributed by atoms with Crippen molar-refractivity contribution in [3.8, 4) is 11.5 Å². The standard InChI is InChI=1S/C29H24O2/c30-25-17-15-24(16-18-25)29-28(23-12-5-2-6-13-23)26-20-22(14-19-27(26)31-29)11-7-10-21-8-3-1-4-9-21/h1-10,12-20,28-30H,11H2/b10-7+/t28-,29+/m1/s1. The summed E-state index contributed by atoms with van der Waals surface area (Å²) in [5.74, 6) is 1.31. The molecule has 0 saturated heterocycles. The van der Waals surface area contributed by atoms with Gasteiger partial charge in [0.1, 0.15) is 17.6 Å². The first kappa shape index (κ1) is 19.2. The lowest BCUT2D eigenvalue weighted by Gasteiger charge is -2.20. The van der Waals surface area contributed by atoms with E-state index in [-0.39, 0.29) is 17.8 Å². The van der Waals surface area contributed by atoms with E-state index in [1.54, 1.807) is 12.1 Å². The Hall–Kier alpha value is -3.78. The molecule has 5 rings (SSSR count). The van der Waals surface area contributed by atoms with Crippen molar-refractivity contribution in [2.75, 3.05) is 0 Å². The zero-order valence-electron chi connectivity index (χ0n) is 17.2. The molecule has 0 bridgehead atoms. The maximum atomic E-state index is 9.71. The van der Waals surface area contributed by atoms with E-state index in [9.17, 15) is 5.11 Å². The Morgan fingerprint density at radius 2 is 1.45 bits per heavy atom. The Bertz CT molecular complexity index is 1180. The fraction of sp³-hybridized carbons (Fsp3) is 0.103. The van der Waals surface area contributed by atoms with Crippen LogP contribution in [0.3, 0.4) is 0 Å². The minimum absolute atomic E-state index is 0.110. The van der Waals surface area contributed by atoms with Gasteiger partial charge in [-0.2, -0.15) is 0 Å². The van der Waals surface area contributed by atoms with Crippen LogP contribution >= 0.6 is 0 Å². The molecule has 2 heteroatoms. The normalized spacial score (nSPS) is 17.4. The van der Waals surface area contributed by atoms with E-state index in [1.165, 1.54) is 22.3 Å². The molecule has 152 valence electrons. The fourth-order valence-electron chi connectivity index (χ4n) is 4.28. The predicted octanol–water partition coefficient (Wildman–Crippen LogP) is 6.91. The monoisotopic (exact) mass is 404 g/mol. The summed E-state index contributed by atoms with van der Waals surface area (Å²) >= 11 is 0. The number of benzene rings is 4. The van der Waals surface area contributed by atoms with E-state index >= 15 is 0 Å². The molecule has 0 spiro atoms. The molecule has 31 heavy (non-hydrogen) atoms. The van der Waals surface area contributed by atoms with Crippen LogP contribution in [0.25, 0.3) is 6.08 Å². The lowest BCUT2D eigenvalue weighted by molar-refractivity contribution is 0.222. The Kier molecular flexibility index (Phi) is 5.28. The number of phenols is 1. The van der Waals surface area contributed by atoms with E-state index in [0.717, 1.165) is 17.7 Å². The molecular formula is C29H24O2. The van der Waals surface area contributed by atoms with Gasteiger partial charge in [-0.3, -0.25) is 0 Å². The molecule has 0 aliphatic carbocycles. The van der Waals surface area contributed by atoms with Crippen LogP contribution in [0.5, 0.6) is 11.5 Å². The molecule has 0 radical (unpaired) electrons. The average Bonchev–Trinajstić information content (AvgIpc) is 3.20. The summed E-state index contributed by atoms with van der Waals surface area (Å²) in [5, 5.41) is 9.71. The fourth-order valence-corrected chi connectivity index (χ4v) is 4.28. The van der Waals surface area contributed by atoms with Crippen LogP contribution in [0.2, 0.25) is 0 Å². The van der Waals surface area contributed by atoms with E-state index in [0.29, 0.717) is 0 Å². The number of phenolic OH excluding ortho intramolecular Hbond substituents is 1. The Balaban J connectivity index is 1.47. The summed E-state index contributed by atoms with van der Waals surface area (Å²) in [6.07, 6.45) is 5.13. The van der Waals surface area contributed by atoms with Crippen molar-refractivity contribution < 1.29 is 9.84 Å². The molecule has 0 aromatic heterocycles. The van der Waals surface area contributed by atoms with Crippen LogP contribution in [0.15, 0.2) is 109 Å². The van der Waals surface area contributed by atoms with Crippen LogP contribution in [0, 0.1) is 0 Å². The first-order chi connectivity index (χ1) is 15.3. The molecule has 0 amide bonds. The van der Waals surface area contributed by atoms with Gasteiger partial charge in [0.15, 0.2) is 0 Å². The van der Waals surface area contributed by atoms with Gasteiger partial charge in [-0.05, 0) is 46.9 Å². The van der Waals surface area contributed by atoms with Gasteiger partial charge >= 0.3 is 0 Å². The number of aromatic hydroxyl groups is 1. The highest BCUT2D eigenvalue weighted by Gasteiger charge is 2.36. The summed E-state index contributed by atoms with van der Waals surface area (Å²) in [5.41, 5.74) is 5.99. The van der Waals surface area contributed by atoms with Crippen molar-refractivity contribution in [3.63, 3.8) is 0 Å². The highest BCUT2D eigenvalue weighted by atomic mass is 16.5. The summed E-state index contributed by atoms with van der Waals surface area (Å²) in [4.78, 5) is 0. The summed E-state index contributed by atoms with van der Waals surface area (Å²) in [6, 6.07) is 34.8. The van der Waals surface area contributed by atoms with E-state index in [2.05, 4.69) is 78.9 Å². The van der Waals surface area contributed by atoms with Crippen molar-refractivity contribution >= 4 is 6.08 Å². The maximum absolute atomic E-state index is 9.71. The molecule has 1 N–H and O–H groups in total. The van der Waals surface area contributed by atoms with Crippen molar-refractivity contribution in [1.29, 1.82) is 0 Å². The molecule has 1 heterocycles. The van der Waals surface area contributed by atoms with Crippen LogP contribution in [-0.2, 0) is 6.42 Å². The summed E-state index contributed by atoms with van der Waals surface area (Å²) in [6.45, 7) is 0. The van der Waals surface area contributed by atoms with E-state index < -0.39 is 0 Å². The van der Waals surface area contributed by atoms with Crippen LogP contribution in [0.1, 0.15) is 39.8 Å². The van der Waals surface area contributed by atoms with Crippen LogP contribution in [0.4, 0.5) is 0 Å². The summed E-state index contributed by atoms with van der Waals surface area (Å²) in [7, 11) is 0. The number of hydrogen-bond acceptors (Lipinski definition) is 2. The smallest absolute Gasteiger partial charge is 0.135 e. The third-order valence-electron chi connectivity index (χ3n) is 5.81. The van der Waals surface area contributed by atoms with Crippen molar-refractivity contribution in [2.45, 2.75) is 18.4 Å². The van der Waals surface area contributed by atoms with Gasteiger partial charge < -0.3 is 9.84 Å². The van der Waals surface area contributed by atoms with Gasteiger partial charge in [-0.1, -0.05) is 97.1 Å². The minimum Gasteiger partial charge on any atom is -0.508 e. The van der Waals surface area contributed by atoms with E-state index in [4.69, 9.17) is 4.74 Å². The number of rotatable bonds is 5. The van der Waals surface area contributed by atoms with Crippen molar-refractivity contribution in [1.82, 2.24) is 0 Å². The molecule has 4 aromatic carbocycles. The Labute approximate surface area is 183 Å². The van der Waals surface area contributed by atoms with Crippen molar-refractivity contribution in [3.05, 3.63) is 137 Å². The lowest BCUT2D eigenvalue weighted by Crippen LogP contribution is -2.11. The van der Waals surface area contributed by atoms with Crippen LogP contribution in [-0.4, -0.2) is 5.11 Å². The zero-order chi connectivity index (χ0) is 21.0. The Morgan fingerprint density at radius 3 is 2.19 bits per heavy atom. The average molecular weight is 405 g/mol. The molecule has 0 unspecified atom stereocenters. The molecule has 1 aliphatic heterocycles. The molecule has 2 nitrogen and oxygen atoms in total. The lowest BCUT2D eigenvalue weighted by atomic mass is 9.84. The molecule has 0 saturated carbocycles. The molecule has 1 aliphatic rings. The molecule has 0 fully saturated rings. The number of fused-ring (bicyclic) bond motifs is 1. The summed E-state index contributed by atoms with van der Waals surface area (Å²) < 4.78 is 6.43. The van der Waals surface area contributed by atoms with Gasteiger partial charge in [0.05, 0.1) is 5.92 Å². The highest BCUT2D eigenvalue weighted by Crippen LogP contribution is 2.49. The third kappa shape index (κ3) is 4.10. The number of hydrogen-bond donors (Lipinski definition) is 1. The largest absolute Gasteiger partial charge is 0.508 e. The topological polar surface area (TPSA) is 29.5 Å². The van der Waals surface area contributed by atoms with Gasteiger partial charge in [-0.15, -0.1) is 0 Å². The first-order valence-corrected chi connectivity index (χ1v) is 10.6. The molecule has 2 atom stereocenters. The zero-order valence-corrected chi connectivity index (χ0v) is 17.2. The van der Waals surface area contributed by atoms with Gasteiger partial charge in [0.25, 0.3) is 0 Å². The molecule has 4 aromatic rings. The third-order valence-corrected chi connectivity index (χ3v) is 5.81. The number of ether oxygens (including phenoxy) is 1. The maximum Gasteiger partial charge on any atom is 0.135 e. The number of allylic oxidation sites excluding steroid dienone is 1. The second kappa shape index (κ2) is 8.53. The van der Waals surface area contributed by atoms with Crippen LogP contribution < -0.4 is 4.74 Å². The Morgan fingerprint density at radius 1 is 0.742 bits per heavy atom. The minimum atomic E-state index is -0.117. The molecular weight excluding hydrogens is 380 g/mol. The SMILES string of the molecule is Oc1ccc([C@@H]2Oc3ccc(C/C=C/c4ccccc4)cc3[C@H]2c2ccccc2)cc1. The van der Waals surface area contributed by atoms with Gasteiger partial charge in [-0.25, -0.2) is 0 Å². The first-order valence-electron chi connectivity index (χ1n) is 10.6. The predicted molar refractivity (Wildman–Crippen MR) is 125 cm³/mol. The van der Waals surface area contributed by atoms with Crippen molar-refractivity contribution in [2.24, 2.45) is 0 Å². The van der Waals surface area contributed by atoms with E-state index in [1.807, 2.05) is 24.3 Å². The van der Waals surface area contributed by atoms with Gasteiger partial charge in [0, 0.05) is 5.56 Å². The quantitative estimate of drug-likeness (QED) is 0.391. The second-order valence-electron chi connectivity index (χ2n) is 7.91.